The summed E-state index contributed by atoms with van der Waals surface area (Å²) in [5, 5.41) is 0. The van der Waals surface area contributed by atoms with Gasteiger partial charge in [-0.25, -0.2) is 4.79 Å². The Morgan fingerprint density at radius 3 is 1.97 bits per heavy atom. The van der Waals surface area contributed by atoms with Crippen LogP contribution in [-0.4, -0.2) is 59.3 Å². The first-order chi connectivity index (χ1) is 13.8. The van der Waals surface area contributed by atoms with Crippen LogP contribution in [0.25, 0.3) is 0 Å². The lowest BCUT2D eigenvalue weighted by Gasteiger charge is -2.35. The highest BCUT2D eigenvalue weighted by Gasteiger charge is 2.20. The number of aromatic nitrogens is 2. The van der Waals surface area contributed by atoms with Crippen molar-refractivity contribution in [1.82, 2.24) is 18.9 Å². The number of piperazine rings is 1. The summed E-state index contributed by atoms with van der Waals surface area (Å²) in [5.74, 6) is 1.50. The maximum atomic E-state index is 12.1. The molecule has 0 bridgehead atoms. The summed E-state index contributed by atoms with van der Waals surface area (Å²) in [5.41, 5.74) is 2.62. The Morgan fingerprint density at radius 2 is 1.38 bits per heavy atom. The fourth-order valence-corrected chi connectivity index (χ4v) is 3.70. The Morgan fingerprint density at radius 1 is 0.828 bits per heavy atom. The summed E-state index contributed by atoms with van der Waals surface area (Å²) < 4.78 is 13.5. The highest BCUT2D eigenvalue weighted by atomic mass is 16.5. The molecular weight excluding hydrogens is 372 g/mol. The Bertz CT molecular complexity index is 987. The molecule has 1 saturated heterocycles. The average Bonchev–Trinajstić information content (AvgIpc) is 2.72. The molecule has 8 nitrogen and oxygen atoms in total. The standard InChI is InChI=1S/C21H30N4O4/c1-15-10-18(28-4)19(29-5)11-16(15)13-24-6-8-25(9-7-24)14-17-12-20(26)23(3)21(27)22(17)2/h10-12H,6-9,13-14H2,1-5H3. The SMILES string of the molecule is COc1cc(C)c(CN2CCN(Cc3cc(=O)n(C)c(=O)n3C)CC2)cc1OC. The quantitative estimate of drug-likeness (QED) is 0.710. The molecule has 3 rings (SSSR count). The Hall–Kier alpha value is -2.58. The van der Waals surface area contributed by atoms with Crippen LogP contribution in [0.4, 0.5) is 0 Å². The summed E-state index contributed by atoms with van der Waals surface area (Å²) >= 11 is 0. The molecule has 0 aliphatic carbocycles. The van der Waals surface area contributed by atoms with Crippen molar-refractivity contribution in [2.45, 2.75) is 20.0 Å². The molecule has 0 saturated carbocycles. The Kier molecular flexibility index (Phi) is 6.44. The summed E-state index contributed by atoms with van der Waals surface area (Å²) in [7, 11) is 6.52. The number of hydrogen-bond acceptors (Lipinski definition) is 6. The lowest BCUT2D eigenvalue weighted by molar-refractivity contribution is 0.119. The van der Waals surface area contributed by atoms with Crippen molar-refractivity contribution in [3.63, 3.8) is 0 Å². The number of rotatable bonds is 6. The van der Waals surface area contributed by atoms with Crippen molar-refractivity contribution >= 4 is 0 Å². The minimum atomic E-state index is -0.282. The molecule has 158 valence electrons. The number of aryl methyl sites for hydroxylation is 1. The summed E-state index contributed by atoms with van der Waals surface area (Å²) in [6.07, 6.45) is 0. The maximum Gasteiger partial charge on any atom is 0.330 e. The van der Waals surface area contributed by atoms with Crippen LogP contribution in [0, 0.1) is 6.92 Å². The molecule has 1 aliphatic heterocycles. The van der Waals surface area contributed by atoms with Crippen molar-refractivity contribution in [2.24, 2.45) is 14.1 Å². The minimum absolute atomic E-state index is 0.259. The predicted molar refractivity (Wildman–Crippen MR) is 112 cm³/mol. The number of methoxy groups -OCH3 is 2. The van der Waals surface area contributed by atoms with Crippen LogP contribution < -0.4 is 20.7 Å². The van der Waals surface area contributed by atoms with Gasteiger partial charge in [0.2, 0.25) is 0 Å². The average molecular weight is 402 g/mol. The molecule has 1 aliphatic rings. The topological polar surface area (TPSA) is 68.9 Å². The second kappa shape index (κ2) is 8.84. The van der Waals surface area contributed by atoms with Gasteiger partial charge in [0.1, 0.15) is 0 Å². The highest BCUT2D eigenvalue weighted by molar-refractivity contribution is 5.47. The summed E-state index contributed by atoms with van der Waals surface area (Å²) in [6, 6.07) is 5.62. The smallest absolute Gasteiger partial charge is 0.330 e. The second-order valence-corrected chi connectivity index (χ2v) is 7.56. The van der Waals surface area contributed by atoms with Crippen molar-refractivity contribution in [1.29, 1.82) is 0 Å². The molecule has 1 aromatic heterocycles. The van der Waals surface area contributed by atoms with E-state index in [1.54, 1.807) is 31.9 Å². The van der Waals surface area contributed by atoms with Gasteiger partial charge in [-0.05, 0) is 30.2 Å². The monoisotopic (exact) mass is 402 g/mol. The second-order valence-electron chi connectivity index (χ2n) is 7.56. The minimum Gasteiger partial charge on any atom is -0.493 e. The number of hydrogen-bond donors (Lipinski definition) is 0. The zero-order chi connectivity index (χ0) is 21.1. The van der Waals surface area contributed by atoms with Gasteiger partial charge in [-0.3, -0.25) is 23.7 Å². The van der Waals surface area contributed by atoms with Crippen LogP contribution in [0.5, 0.6) is 11.5 Å². The third-order valence-corrected chi connectivity index (χ3v) is 5.71. The first kappa shape index (κ1) is 21.1. The van der Waals surface area contributed by atoms with Crippen LogP contribution in [0.3, 0.4) is 0 Å². The van der Waals surface area contributed by atoms with Gasteiger partial charge in [0.25, 0.3) is 5.56 Å². The fourth-order valence-electron chi connectivity index (χ4n) is 3.70. The zero-order valence-corrected chi connectivity index (χ0v) is 17.9. The van der Waals surface area contributed by atoms with E-state index in [4.69, 9.17) is 9.47 Å². The van der Waals surface area contributed by atoms with Gasteiger partial charge in [0.15, 0.2) is 11.5 Å². The molecule has 8 heteroatoms. The molecule has 2 heterocycles. The van der Waals surface area contributed by atoms with Gasteiger partial charge in [-0.15, -0.1) is 0 Å². The Balaban J connectivity index is 1.63. The van der Waals surface area contributed by atoms with Crippen LogP contribution >= 0.6 is 0 Å². The van der Waals surface area contributed by atoms with E-state index in [9.17, 15) is 9.59 Å². The van der Waals surface area contributed by atoms with E-state index < -0.39 is 0 Å². The normalized spacial score (nSPS) is 15.5. The number of ether oxygens (including phenoxy) is 2. The molecule has 0 N–H and O–H groups in total. The zero-order valence-electron chi connectivity index (χ0n) is 17.9. The molecule has 0 amide bonds. The first-order valence-electron chi connectivity index (χ1n) is 9.76. The number of nitrogens with zero attached hydrogens (tertiary/aromatic N) is 4. The molecule has 2 aromatic rings. The van der Waals surface area contributed by atoms with Crippen molar-refractivity contribution in [3.05, 3.63) is 55.9 Å². The van der Waals surface area contributed by atoms with E-state index >= 15 is 0 Å². The lowest BCUT2D eigenvalue weighted by atomic mass is 10.1. The molecule has 1 fully saturated rings. The van der Waals surface area contributed by atoms with Gasteiger partial charge in [-0.1, -0.05) is 0 Å². The number of benzene rings is 1. The lowest BCUT2D eigenvalue weighted by Crippen LogP contribution is -2.46. The summed E-state index contributed by atoms with van der Waals surface area (Å²) in [4.78, 5) is 28.8. The molecule has 1 aromatic carbocycles. The third-order valence-electron chi connectivity index (χ3n) is 5.71. The van der Waals surface area contributed by atoms with E-state index in [1.807, 2.05) is 6.07 Å². The van der Waals surface area contributed by atoms with E-state index in [0.29, 0.717) is 6.54 Å². The summed E-state index contributed by atoms with van der Waals surface area (Å²) in [6.45, 7) is 7.16. The van der Waals surface area contributed by atoms with Gasteiger partial charge in [0, 0.05) is 65.1 Å². The van der Waals surface area contributed by atoms with E-state index in [0.717, 1.165) is 54.5 Å². The molecule has 0 spiro atoms. The fraction of sp³-hybridized carbons (Fsp3) is 0.524. The predicted octanol–water partition coefficient (Wildman–Crippen LogP) is 0.727. The van der Waals surface area contributed by atoms with Gasteiger partial charge in [0.05, 0.1) is 14.2 Å². The molecular formula is C21H30N4O4. The van der Waals surface area contributed by atoms with Crippen molar-refractivity contribution < 1.29 is 9.47 Å². The van der Waals surface area contributed by atoms with E-state index in [1.165, 1.54) is 18.2 Å². The van der Waals surface area contributed by atoms with Crippen molar-refractivity contribution in [2.75, 3.05) is 40.4 Å². The highest BCUT2D eigenvalue weighted by Crippen LogP contribution is 2.31. The molecule has 0 atom stereocenters. The molecule has 29 heavy (non-hydrogen) atoms. The van der Waals surface area contributed by atoms with Crippen LogP contribution in [-0.2, 0) is 27.2 Å². The van der Waals surface area contributed by atoms with Gasteiger partial charge >= 0.3 is 5.69 Å². The van der Waals surface area contributed by atoms with E-state index in [-0.39, 0.29) is 11.2 Å². The largest absolute Gasteiger partial charge is 0.493 e. The van der Waals surface area contributed by atoms with Crippen LogP contribution in [0.2, 0.25) is 0 Å². The van der Waals surface area contributed by atoms with Gasteiger partial charge in [-0.2, -0.15) is 0 Å². The third kappa shape index (κ3) is 4.54. The van der Waals surface area contributed by atoms with Crippen LogP contribution in [0.15, 0.2) is 27.8 Å². The van der Waals surface area contributed by atoms with Crippen molar-refractivity contribution in [3.8, 4) is 11.5 Å². The first-order valence-corrected chi connectivity index (χ1v) is 9.76. The Labute approximate surface area is 170 Å². The molecule has 0 radical (unpaired) electrons. The van der Waals surface area contributed by atoms with Gasteiger partial charge < -0.3 is 9.47 Å². The maximum absolute atomic E-state index is 12.1. The van der Waals surface area contributed by atoms with Crippen LogP contribution in [0.1, 0.15) is 16.8 Å². The van der Waals surface area contributed by atoms with E-state index in [2.05, 4.69) is 22.8 Å². The molecule has 0 unspecified atom stereocenters.